The minimum absolute atomic E-state index is 0.213. The molecule has 0 atom stereocenters. The highest BCUT2D eigenvalue weighted by Crippen LogP contribution is 2.32. The van der Waals surface area contributed by atoms with Crippen LogP contribution in [0.2, 0.25) is 0 Å². The lowest BCUT2D eigenvalue weighted by Crippen LogP contribution is -1.90. The maximum Gasteiger partial charge on any atom is 0.123 e. The van der Waals surface area contributed by atoms with Crippen LogP contribution in [0, 0.1) is 5.82 Å². The second-order valence-corrected chi connectivity index (χ2v) is 5.69. The molecule has 1 heterocycles. The van der Waals surface area contributed by atoms with Crippen molar-refractivity contribution in [3.63, 3.8) is 0 Å². The van der Waals surface area contributed by atoms with Crippen LogP contribution in [0.4, 0.5) is 4.39 Å². The summed E-state index contributed by atoms with van der Waals surface area (Å²) in [5, 5.41) is 1.22. The molecular formula is C21H16FN. The number of H-pyrrole nitrogens is 1. The average molecular weight is 301 g/mol. The molecular weight excluding hydrogens is 285 g/mol. The van der Waals surface area contributed by atoms with Crippen LogP contribution < -0.4 is 0 Å². The van der Waals surface area contributed by atoms with E-state index in [1.54, 1.807) is 0 Å². The molecule has 4 aromatic rings. The fourth-order valence-corrected chi connectivity index (χ4v) is 3.05. The second kappa shape index (κ2) is 5.73. The smallest absolute Gasteiger partial charge is 0.123 e. The lowest BCUT2D eigenvalue weighted by Gasteiger charge is -2.06. The highest BCUT2D eigenvalue weighted by atomic mass is 19.1. The van der Waals surface area contributed by atoms with E-state index in [0.29, 0.717) is 0 Å². The van der Waals surface area contributed by atoms with Crippen molar-refractivity contribution in [1.82, 2.24) is 4.98 Å². The third kappa shape index (κ3) is 2.64. The number of para-hydroxylation sites is 1. The number of halogens is 1. The van der Waals surface area contributed by atoms with Crippen molar-refractivity contribution in [3.05, 3.63) is 95.8 Å². The van der Waals surface area contributed by atoms with Gasteiger partial charge in [0.05, 0.1) is 5.69 Å². The Kier molecular flexibility index (Phi) is 3.43. The minimum Gasteiger partial charge on any atom is -0.354 e. The van der Waals surface area contributed by atoms with Gasteiger partial charge in [-0.25, -0.2) is 4.39 Å². The molecule has 0 spiro atoms. The Labute approximate surface area is 134 Å². The van der Waals surface area contributed by atoms with E-state index in [2.05, 4.69) is 47.4 Å². The molecule has 0 saturated heterocycles. The summed E-state index contributed by atoms with van der Waals surface area (Å²) in [7, 11) is 0. The number of nitrogens with one attached hydrogen (secondary N) is 1. The maximum atomic E-state index is 13.2. The van der Waals surface area contributed by atoms with Gasteiger partial charge in [-0.05, 0) is 47.0 Å². The van der Waals surface area contributed by atoms with Gasteiger partial charge in [0.15, 0.2) is 0 Å². The number of hydrogen-bond donors (Lipinski definition) is 1. The Balaban J connectivity index is 1.89. The number of benzene rings is 3. The zero-order valence-electron chi connectivity index (χ0n) is 12.6. The Hall–Kier alpha value is -2.87. The van der Waals surface area contributed by atoms with Crippen molar-refractivity contribution in [3.8, 4) is 11.3 Å². The molecule has 0 aliphatic carbocycles. The van der Waals surface area contributed by atoms with Crippen molar-refractivity contribution in [2.45, 2.75) is 6.42 Å². The normalized spacial score (nSPS) is 11.0. The summed E-state index contributed by atoms with van der Waals surface area (Å²) in [6.45, 7) is 0. The first-order valence-electron chi connectivity index (χ1n) is 7.71. The monoisotopic (exact) mass is 301 g/mol. The van der Waals surface area contributed by atoms with Gasteiger partial charge in [-0.2, -0.15) is 0 Å². The summed E-state index contributed by atoms with van der Waals surface area (Å²) in [5.74, 6) is -0.213. The standard InChI is InChI=1S/C21H16FN/c22-17-12-10-16(11-13-17)21-19(14-15-6-2-1-3-7-15)18-8-4-5-9-20(18)23-21/h1-13,23H,14H2. The van der Waals surface area contributed by atoms with E-state index in [-0.39, 0.29) is 5.82 Å². The molecule has 2 heteroatoms. The fourth-order valence-electron chi connectivity index (χ4n) is 3.05. The van der Waals surface area contributed by atoms with E-state index in [4.69, 9.17) is 0 Å². The molecule has 0 bridgehead atoms. The third-order valence-corrected chi connectivity index (χ3v) is 4.17. The van der Waals surface area contributed by atoms with E-state index in [1.165, 1.54) is 28.6 Å². The molecule has 0 amide bonds. The van der Waals surface area contributed by atoms with Crippen LogP contribution in [0.25, 0.3) is 22.2 Å². The highest BCUT2D eigenvalue weighted by Gasteiger charge is 2.13. The van der Waals surface area contributed by atoms with Crippen molar-refractivity contribution in [2.75, 3.05) is 0 Å². The van der Waals surface area contributed by atoms with E-state index in [9.17, 15) is 4.39 Å². The number of hydrogen-bond acceptors (Lipinski definition) is 0. The van der Waals surface area contributed by atoms with E-state index < -0.39 is 0 Å². The number of fused-ring (bicyclic) bond motifs is 1. The molecule has 1 nitrogen and oxygen atoms in total. The van der Waals surface area contributed by atoms with Crippen LogP contribution in [0.1, 0.15) is 11.1 Å². The molecule has 0 aliphatic rings. The van der Waals surface area contributed by atoms with Gasteiger partial charge in [-0.3, -0.25) is 0 Å². The Morgan fingerprint density at radius 2 is 1.43 bits per heavy atom. The van der Waals surface area contributed by atoms with Gasteiger partial charge >= 0.3 is 0 Å². The van der Waals surface area contributed by atoms with E-state index in [1.807, 2.05) is 24.3 Å². The predicted octanol–water partition coefficient (Wildman–Crippen LogP) is 5.56. The van der Waals surface area contributed by atoms with Gasteiger partial charge in [-0.15, -0.1) is 0 Å². The maximum absolute atomic E-state index is 13.2. The Bertz CT molecular complexity index is 937. The third-order valence-electron chi connectivity index (χ3n) is 4.17. The van der Waals surface area contributed by atoms with E-state index in [0.717, 1.165) is 23.2 Å². The first kappa shape index (κ1) is 13.8. The molecule has 23 heavy (non-hydrogen) atoms. The van der Waals surface area contributed by atoms with Crippen molar-refractivity contribution in [1.29, 1.82) is 0 Å². The molecule has 112 valence electrons. The molecule has 0 aliphatic heterocycles. The van der Waals surface area contributed by atoms with Crippen LogP contribution in [0.5, 0.6) is 0 Å². The number of rotatable bonds is 3. The van der Waals surface area contributed by atoms with Gasteiger partial charge in [0, 0.05) is 17.3 Å². The first-order chi connectivity index (χ1) is 11.3. The van der Waals surface area contributed by atoms with Gasteiger partial charge in [-0.1, -0.05) is 48.5 Å². The topological polar surface area (TPSA) is 15.8 Å². The zero-order valence-corrected chi connectivity index (χ0v) is 12.6. The highest BCUT2D eigenvalue weighted by molar-refractivity contribution is 5.91. The summed E-state index contributed by atoms with van der Waals surface area (Å²) in [6.07, 6.45) is 0.845. The average Bonchev–Trinajstić information content (AvgIpc) is 2.95. The van der Waals surface area contributed by atoms with Crippen molar-refractivity contribution in [2.24, 2.45) is 0 Å². The predicted molar refractivity (Wildman–Crippen MR) is 92.9 cm³/mol. The van der Waals surface area contributed by atoms with Gasteiger partial charge in [0.2, 0.25) is 0 Å². The van der Waals surface area contributed by atoms with Crippen LogP contribution in [0.3, 0.4) is 0 Å². The zero-order chi connectivity index (χ0) is 15.6. The summed E-state index contributed by atoms with van der Waals surface area (Å²) in [6, 6.07) is 25.4. The lowest BCUT2D eigenvalue weighted by atomic mass is 9.98. The van der Waals surface area contributed by atoms with Crippen molar-refractivity contribution < 1.29 is 4.39 Å². The van der Waals surface area contributed by atoms with Gasteiger partial charge < -0.3 is 4.98 Å². The Morgan fingerprint density at radius 1 is 0.739 bits per heavy atom. The molecule has 0 saturated carbocycles. The summed E-state index contributed by atoms with van der Waals surface area (Å²) in [4.78, 5) is 3.50. The summed E-state index contributed by atoms with van der Waals surface area (Å²) in [5.41, 5.74) is 5.69. The summed E-state index contributed by atoms with van der Waals surface area (Å²) >= 11 is 0. The molecule has 0 unspecified atom stereocenters. The Morgan fingerprint density at radius 3 is 2.22 bits per heavy atom. The fraction of sp³-hybridized carbons (Fsp3) is 0.0476. The van der Waals surface area contributed by atoms with Crippen molar-refractivity contribution >= 4 is 10.9 Å². The second-order valence-electron chi connectivity index (χ2n) is 5.69. The van der Waals surface area contributed by atoms with E-state index >= 15 is 0 Å². The quantitative estimate of drug-likeness (QED) is 0.509. The molecule has 0 fully saturated rings. The molecule has 1 N–H and O–H groups in total. The van der Waals surface area contributed by atoms with Crippen LogP contribution in [0.15, 0.2) is 78.9 Å². The molecule has 3 aromatic carbocycles. The van der Waals surface area contributed by atoms with Crippen LogP contribution >= 0.6 is 0 Å². The van der Waals surface area contributed by atoms with Gasteiger partial charge in [0.1, 0.15) is 5.82 Å². The van der Waals surface area contributed by atoms with Crippen LogP contribution in [-0.4, -0.2) is 4.98 Å². The number of aromatic amines is 1. The first-order valence-corrected chi connectivity index (χ1v) is 7.71. The SMILES string of the molecule is Fc1ccc(-c2[nH]c3ccccc3c2Cc2ccccc2)cc1. The largest absolute Gasteiger partial charge is 0.354 e. The summed E-state index contributed by atoms with van der Waals surface area (Å²) < 4.78 is 13.2. The minimum atomic E-state index is -0.213. The van der Waals surface area contributed by atoms with Gasteiger partial charge in [0.25, 0.3) is 0 Å². The lowest BCUT2D eigenvalue weighted by molar-refractivity contribution is 0.628. The molecule has 0 radical (unpaired) electrons. The number of aromatic nitrogens is 1. The molecule has 4 rings (SSSR count). The molecule has 1 aromatic heterocycles. The van der Waals surface area contributed by atoms with Crippen LogP contribution in [-0.2, 0) is 6.42 Å².